The van der Waals surface area contributed by atoms with Crippen LogP contribution in [0.15, 0.2) is 41.6 Å². The maximum Gasteiger partial charge on any atom is 0.281 e. The SMILES string of the molecule is CNc1cccnc1S(=O)(=O)Nc1cc(F)ccc1C. The van der Waals surface area contributed by atoms with E-state index in [2.05, 4.69) is 15.0 Å². The molecule has 2 rings (SSSR count). The van der Waals surface area contributed by atoms with Crippen molar-refractivity contribution in [1.29, 1.82) is 0 Å². The standard InChI is InChI=1S/C13H14FN3O2S/c1-9-5-6-10(14)8-12(9)17-20(18,19)13-11(15-2)4-3-7-16-13/h3-8,15,17H,1-2H3. The van der Waals surface area contributed by atoms with Gasteiger partial charge in [0.25, 0.3) is 10.0 Å². The van der Waals surface area contributed by atoms with Gasteiger partial charge in [-0.3, -0.25) is 4.72 Å². The van der Waals surface area contributed by atoms with Gasteiger partial charge in [-0.2, -0.15) is 8.42 Å². The summed E-state index contributed by atoms with van der Waals surface area (Å²) in [6.45, 7) is 1.69. The summed E-state index contributed by atoms with van der Waals surface area (Å²) in [7, 11) is -2.28. The molecule has 5 nitrogen and oxygen atoms in total. The molecule has 2 N–H and O–H groups in total. The molecular formula is C13H14FN3O2S. The van der Waals surface area contributed by atoms with Gasteiger partial charge in [0.15, 0.2) is 5.03 Å². The zero-order chi connectivity index (χ0) is 14.8. The molecule has 0 unspecified atom stereocenters. The fraction of sp³-hybridized carbons (Fsp3) is 0.154. The summed E-state index contributed by atoms with van der Waals surface area (Å²) < 4.78 is 40.2. The van der Waals surface area contributed by atoms with E-state index in [1.807, 2.05) is 0 Å². The maximum absolute atomic E-state index is 13.2. The van der Waals surface area contributed by atoms with Crippen LogP contribution in [0.3, 0.4) is 0 Å². The number of anilines is 2. The smallest absolute Gasteiger partial charge is 0.281 e. The van der Waals surface area contributed by atoms with Crippen molar-refractivity contribution in [3.05, 3.63) is 47.9 Å². The Labute approximate surface area is 116 Å². The molecule has 0 bridgehead atoms. The first-order valence-corrected chi connectivity index (χ1v) is 7.34. The van der Waals surface area contributed by atoms with E-state index >= 15 is 0 Å². The molecule has 20 heavy (non-hydrogen) atoms. The number of pyridine rings is 1. The number of halogens is 1. The van der Waals surface area contributed by atoms with Crippen LogP contribution in [0.5, 0.6) is 0 Å². The normalized spacial score (nSPS) is 11.2. The lowest BCUT2D eigenvalue weighted by Gasteiger charge is -2.12. The number of benzene rings is 1. The van der Waals surface area contributed by atoms with Gasteiger partial charge in [-0.1, -0.05) is 6.07 Å². The van der Waals surface area contributed by atoms with Crippen LogP contribution in [0, 0.1) is 12.7 Å². The number of nitrogens with zero attached hydrogens (tertiary/aromatic N) is 1. The summed E-state index contributed by atoms with van der Waals surface area (Å²) in [5, 5.41) is 2.62. The largest absolute Gasteiger partial charge is 0.386 e. The first-order chi connectivity index (χ1) is 9.44. The van der Waals surface area contributed by atoms with Crippen LogP contribution in [0.4, 0.5) is 15.8 Å². The van der Waals surface area contributed by atoms with Crippen molar-refractivity contribution in [2.45, 2.75) is 11.9 Å². The lowest BCUT2D eigenvalue weighted by atomic mass is 10.2. The van der Waals surface area contributed by atoms with Crippen LogP contribution in [0.2, 0.25) is 0 Å². The van der Waals surface area contributed by atoms with Crippen molar-refractivity contribution >= 4 is 21.4 Å². The minimum Gasteiger partial charge on any atom is -0.386 e. The molecular weight excluding hydrogens is 281 g/mol. The predicted octanol–water partition coefficient (Wildman–Crippen LogP) is 2.37. The first kappa shape index (κ1) is 14.3. The van der Waals surface area contributed by atoms with E-state index < -0.39 is 15.8 Å². The summed E-state index contributed by atoms with van der Waals surface area (Å²) in [4.78, 5) is 3.86. The second kappa shape index (κ2) is 5.46. The van der Waals surface area contributed by atoms with E-state index in [4.69, 9.17) is 0 Å². The summed E-state index contributed by atoms with van der Waals surface area (Å²) in [6, 6.07) is 7.13. The van der Waals surface area contributed by atoms with Gasteiger partial charge in [0.05, 0.1) is 11.4 Å². The molecule has 0 saturated heterocycles. The molecule has 0 atom stereocenters. The van der Waals surface area contributed by atoms with Gasteiger partial charge in [-0.15, -0.1) is 0 Å². The Morgan fingerprint density at radius 1 is 1.20 bits per heavy atom. The fourth-order valence-electron chi connectivity index (χ4n) is 1.69. The first-order valence-electron chi connectivity index (χ1n) is 5.86. The summed E-state index contributed by atoms with van der Waals surface area (Å²) >= 11 is 0. The summed E-state index contributed by atoms with van der Waals surface area (Å²) in [6.07, 6.45) is 1.38. The van der Waals surface area contributed by atoms with Crippen LogP contribution in [-0.4, -0.2) is 20.4 Å². The Bertz CT molecular complexity index is 732. The lowest BCUT2D eigenvalue weighted by Crippen LogP contribution is -2.17. The summed E-state index contributed by atoms with van der Waals surface area (Å²) in [5.74, 6) is -0.511. The third-order valence-electron chi connectivity index (χ3n) is 2.74. The highest BCUT2D eigenvalue weighted by Crippen LogP contribution is 2.23. The van der Waals surface area contributed by atoms with Gasteiger partial charge < -0.3 is 5.32 Å². The van der Waals surface area contributed by atoms with Gasteiger partial charge >= 0.3 is 0 Å². The quantitative estimate of drug-likeness (QED) is 0.908. The average molecular weight is 295 g/mol. The molecule has 0 radical (unpaired) electrons. The minimum atomic E-state index is -3.89. The summed E-state index contributed by atoms with van der Waals surface area (Å²) in [5.41, 5.74) is 1.18. The predicted molar refractivity (Wildman–Crippen MR) is 75.7 cm³/mol. The molecule has 106 valence electrons. The van der Waals surface area contributed by atoms with Crippen molar-refractivity contribution in [2.24, 2.45) is 0 Å². The second-order valence-electron chi connectivity index (χ2n) is 4.17. The third-order valence-corrected chi connectivity index (χ3v) is 4.06. The number of aryl methyl sites for hydroxylation is 1. The number of rotatable bonds is 4. The molecule has 0 fully saturated rings. The third kappa shape index (κ3) is 2.88. The number of hydrogen-bond donors (Lipinski definition) is 2. The van der Waals surface area contributed by atoms with Crippen LogP contribution in [0.1, 0.15) is 5.56 Å². The Hall–Kier alpha value is -2.15. The van der Waals surface area contributed by atoms with Crippen LogP contribution in [0.25, 0.3) is 0 Å². The molecule has 1 heterocycles. The molecule has 0 saturated carbocycles. The number of sulfonamides is 1. The van der Waals surface area contributed by atoms with Gasteiger partial charge in [-0.05, 0) is 36.8 Å². The van der Waals surface area contributed by atoms with Crippen molar-refractivity contribution in [3.8, 4) is 0 Å². The zero-order valence-corrected chi connectivity index (χ0v) is 11.8. The number of aromatic nitrogens is 1. The molecule has 0 aliphatic rings. The Morgan fingerprint density at radius 3 is 2.65 bits per heavy atom. The van der Waals surface area contributed by atoms with Gasteiger partial charge in [-0.25, -0.2) is 9.37 Å². The van der Waals surface area contributed by atoms with E-state index in [1.54, 1.807) is 26.1 Å². The Morgan fingerprint density at radius 2 is 1.95 bits per heavy atom. The number of hydrogen-bond acceptors (Lipinski definition) is 4. The second-order valence-corrected chi connectivity index (χ2v) is 5.77. The van der Waals surface area contributed by atoms with E-state index in [0.717, 1.165) is 6.07 Å². The van der Waals surface area contributed by atoms with Gasteiger partial charge in [0.2, 0.25) is 0 Å². The molecule has 0 aliphatic heterocycles. The molecule has 1 aromatic heterocycles. The fourth-order valence-corrected chi connectivity index (χ4v) is 2.96. The van der Waals surface area contributed by atoms with Crippen molar-refractivity contribution in [2.75, 3.05) is 17.1 Å². The molecule has 0 spiro atoms. The highest BCUT2D eigenvalue weighted by Gasteiger charge is 2.20. The molecule has 1 aromatic carbocycles. The van der Waals surface area contributed by atoms with Crippen molar-refractivity contribution in [3.63, 3.8) is 0 Å². The van der Waals surface area contributed by atoms with Gasteiger partial charge in [0, 0.05) is 13.2 Å². The van der Waals surface area contributed by atoms with Gasteiger partial charge in [0.1, 0.15) is 5.82 Å². The van der Waals surface area contributed by atoms with Crippen LogP contribution < -0.4 is 10.0 Å². The van der Waals surface area contributed by atoms with E-state index in [-0.39, 0.29) is 10.7 Å². The van der Waals surface area contributed by atoms with Crippen molar-refractivity contribution < 1.29 is 12.8 Å². The highest BCUT2D eigenvalue weighted by molar-refractivity contribution is 7.92. The topological polar surface area (TPSA) is 71.1 Å². The molecule has 2 aromatic rings. The van der Waals surface area contributed by atoms with E-state index in [1.165, 1.54) is 18.3 Å². The highest BCUT2D eigenvalue weighted by atomic mass is 32.2. The molecule has 7 heteroatoms. The average Bonchev–Trinajstić information content (AvgIpc) is 2.42. The van der Waals surface area contributed by atoms with E-state index in [9.17, 15) is 12.8 Å². The van der Waals surface area contributed by atoms with E-state index in [0.29, 0.717) is 11.3 Å². The Kier molecular flexibility index (Phi) is 3.89. The lowest BCUT2D eigenvalue weighted by molar-refractivity contribution is 0.598. The minimum absolute atomic E-state index is 0.133. The van der Waals surface area contributed by atoms with Crippen molar-refractivity contribution in [1.82, 2.24) is 4.98 Å². The monoisotopic (exact) mass is 295 g/mol. The zero-order valence-electron chi connectivity index (χ0n) is 11.0. The van der Waals surface area contributed by atoms with Crippen LogP contribution >= 0.6 is 0 Å². The maximum atomic E-state index is 13.2. The Balaban J connectivity index is 2.43. The number of nitrogens with one attached hydrogen (secondary N) is 2. The molecule has 0 aliphatic carbocycles. The van der Waals surface area contributed by atoms with Crippen LogP contribution in [-0.2, 0) is 10.0 Å². The molecule has 0 amide bonds.